The Morgan fingerprint density at radius 1 is 1.25 bits per heavy atom. The van der Waals surface area contributed by atoms with Gasteiger partial charge in [-0.2, -0.15) is 0 Å². The first-order valence-electron chi connectivity index (χ1n) is 4.88. The second-order valence-electron chi connectivity index (χ2n) is 3.32. The summed E-state index contributed by atoms with van der Waals surface area (Å²) in [6.07, 6.45) is 2.25. The third kappa shape index (κ3) is 3.86. The molecule has 0 heterocycles. The minimum absolute atomic E-state index is 0.102. The number of nitrogens with zero attached hydrogens (tertiary/aromatic N) is 1. The van der Waals surface area contributed by atoms with Crippen LogP contribution in [-0.4, -0.2) is 29.8 Å². The number of carbonyl (C=O) groups is 1. The average Bonchev–Trinajstić information content (AvgIpc) is 2.03. The number of hydrogen-bond donors (Lipinski definition) is 0. The molecule has 0 radical (unpaired) electrons. The molecule has 0 spiro atoms. The van der Waals surface area contributed by atoms with E-state index in [0.717, 1.165) is 25.9 Å². The summed E-state index contributed by atoms with van der Waals surface area (Å²) in [6.45, 7) is 10.0. The SMILES string of the molecule is CCCN(CCC)[C@@H](C)C(C)=O. The van der Waals surface area contributed by atoms with Crippen molar-refractivity contribution in [2.24, 2.45) is 0 Å². The Labute approximate surface area is 75.9 Å². The molecule has 0 aliphatic carbocycles. The van der Waals surface area contributed by atoms with Gasteiger partial charge in [-0.3, -0.25) is 9.69 Å². The summed E-state index contributed by atoms with van der Waals surface area (Å²) in [7, 11) is 0. The molecule has 12 heavy (non-hydrogen) atoms. The van der Waals surface area contributed by atoms with Crippen molar-refractivity contribution in [2.75, 3.05) is 13.1 Å². The minimum atomic E-state index is 0.102. The summed E-state index contributed by atoms with van der Waals surface area (Å²) >= 11 is 0. The molecule has 0 unspecified atom stereocenters. The maximum absolute atomic E-state index is 11.1. The quantitative estimate of drug-likeness (QED) is 0.610. The van der Waals surface area contributed by atoms with Crippen LogP contribution in [0.25, 0.3) is 0 Å². The molecule has 0 aromatic carbocycles. The van der Waals surface area contributed by atoms with Crippen molar-refractivity contribution in [1.82, 2.24) is 4.90 Å². The topological polar surface area (TPSA) is 20.3 Å². The highest BCUT2D eigenvalue weighted by Crippen LogP contribution is 2.02. The van der Waals surface area contributed by atoms with Crippen LogP contribution in [0.3, 0.4) is 0 Å². The lowest BCUT2D eigenvalue weighted by Crippen LogP contribution is -2.38. The van der Waals surface area contributed by atoms with Crippen LogP contribution in [0.15, 0.2) is 0 Å². The zero-order chi connectivity index (χ0) is 9.56. The number of Topliss-reactive ketones (excluding diaryl/α,β-unsaturated/α-hetero) is 1. The van der Waals surface area contributed by atoms with Crippen molar-refractivity contribution in [2.45, 2.75) is 46.6 Å². The predicted molar refractivity (Wildman–Crippen MR) is 52.3 cm³/mol. The molecular weight excluding hydrogens is 150 g/mol. The molecule has 2 heteroatoms. The van der Waals surface area contributed by atoms with Gasteiger partial charge in [-0.25, -0.2) is 0 Å². The Kier molecular flexibility index (Phi) is 5.99. The first kappa shape index (κ1) is 11.6. The van der Waals surface area contributed by atoms with Gasteiger partial charge in [0.25, 0.3) is 0 Å². The molecular formula is C10H21NO. The van der Waals surface area contributed by atoms with E-state index in [1.54, 1.807) is 6.92 Å². The monoisotopic (exact) mass is 171 g/mol. The molecule has 0 N–H and O–H groups in total. The lowest BCUT2D eigenvalue weighted by atomic mass is 10.2. The van der Waals surface area contributed by atoms with E-state index < -0.39 is 0 Å². The van der Waals surface area contributed by atoms with Crippen molar-refractivity contribution in [3.63, 3.8) is 0 Å². The zero-order valence-electron chi connectivity index (χ0n) is 8.76. The number of rotatable bonds is 6. The fraction of sp³-hybridized carbons (Fsp3) is 0.900. The predicted octanol–water partition coefficient (Wildman–Crippen LogP) is 2.09. The van der Waals surface area contributed by atoms with Crippen LogP contribution < -0.4 is 0 Å². The molecule has 1 atom stereocenters. The summed E-state index contributed by atoms with van der Waals surface area (Å²) in [4.78, 5) is 13.3. The van der Waals surface area contributed by atoms with E-state index in [9.17, 15) is 4.79 Å². The summed E-state index contributed by atoms with van der Waals surface area (Å²) in [6, 6.07) is 0.102. The Balaban J connectivity index is 3.98. The number of ketones is 1. The lowest BCUT2D eigenvalue weighted by molar-refractivity contribution is -0.121. The molecule has 0 aromatic heterocycles. The molecule has 0 aliphatic rings. The van der Waals surface area contributed by atoms with Crippen LogP contribution in [0, 0.1) is 0 Å². The molecule has 0 fully saturated rings. The largest absolute Gasteiger partial charge is 0.298 e. The Morgan fingerprint density at radius 2 is 1.67 bits per heavy atom. The van der Waals surface area contributed by atoms with Gasteiger partial charge < -0.3 is 0 Å². The van der Waals surface area contributed by atoms with E-state index in [1.807, 2.05) is 6.92 Å². The van der Waals surface area contributed by atoms with Crippen LogP contribution in [0.4, 0.5) is 0 Å². The van der Waals surface area contributed by atoms with Gasteiger partial charge in [0.2, 0.25) is 0 Å². The van der Waals surface area contributed by atoms with Crippen molar-refractivity contribution in [3.05, 3.63) is 0 Å². The number of carbonyl (C=O) groups excluding carboxylic acids is 1. The average molecular weight is 171 g/mol. The second kappa shape index (κ2) is 6.18. The van der Waals surface area contributed by atoms with Gasteiger partial charge in [-0.15, -0.1) is 0 Å². The van der Waals surface area contributed by atoms with Crippen molar-refractivity contribution >= 4 is 5.78 Å². The van der Waals surface area contributed by atoms with Crippen molar-refractivity contribution < 1.29 is 4.79 Å². The highest BCUT2D eigenvalue weighted by atomic mass is 16.1. The molecule has 0 rings (SSSR count). The van der Waals surface area contributed by atoms with E-state index >= 15 is 0 Å². The third-order valence-corrected chi connectivity index (χ3v) is 2.16. The van der Waals surface area contributed by atoms with Crippen LogP contribution >= 0.6 is 0 Å². The fourth-order valence-electron chi connectivity index (χ4n) is 1.33. The van der Waals surface area contributed by atoms with E-state index in [4.69, 9.17) is 0 Å². The molecule has 0 bridgehead atoms. The van der Waals surface area contributed by atoms with Gasteiger partial charge in [-0.1, -0.05) is 13.8 Å². The smallest absolute Gasteiger partial charge is 0.146 e. The molecule has 0 aromatic rings. The van der Waals surface area contributed by atoms with Gasteiger partial charge in [0.05, 0.1) is 6.04 Å². The molecule has 0 saturated heterocycles. The van der Waals surface area contributed by atoms with Crippen molar-refractivity contribution in [1.29, 1.82) is 0 Å². The standard InChI is InChI=1S/C10H21NO/c1-5-7-11(8-6-2)9(3)10(4)12/h9H,5-8H2,1-4H3/t9-/m0/s1. The normalized spacial score (nSPS) is 13.4. The van der Waals surface area contributed by atoms with E-state index in [1.165, 1.54) is 0 Å². The lowest BCUT2D eigenvalue weighted by Gasteiger charge is -2.26. The van der Waals surface area contributed by atoms with Gasteiger partial charge >= 0.3 is 0 Å². The van der Waals surface area contributed by atoms with Gasteiger partial charge in [0.15, 0.2) is 0 Å². The second-order valence-corrected chi connectivity index (χ2v) is 3.32. The van der Waals surface area contributed by atoms with Crippen molar-refractivity contribution in [3.8, 4) is 0 Å². The highest BCUT2D eigenvalue weighted by molar-refractivity contribution is 5.80. The molecule has 0 saturated carbocycles. The maximum Gasteiger partial charge on any atom is 0.146 e. The van der Waals surface area contributed by atoms with Crippen LogP contribution in [0.2, 0.25) is 0 Å². The summed E-state index contributed by atoms with van der Waals surface area (Å²) < 4.78 is 0. The van der Waals surface area contributed by atoms with E-state index in [0.29, 0.717) is 0 Å². The summed E-state index contributed by atoms with van der Waals surface area (Å²) in [5, 5.41) is 0. The minimum Gasteiger partial charge on any atom is -0.298 e. The fourth-order valence-corrected chi connectivity index (χ4v) is 1.33. The summed E-state index contributed by atoms with van der Waals surface area (Å²) in [5.41, 5.74) is 0. The van der Waals surface area contributed by atoms with Crippen LogP contribution in [-0.2, 0) is 4.79 Å². The first-order valence-corrected chi connectivity index (χ1v) is 4.88. The Morgan fingerprint density at radius 3 is 1.92 bits per heavy atom. The van der Waals surface area contributed by atoms with Gasteiger partial charge in [-0.05, 0) is 39.8 Å². The maximum atomic E-state index is 11.1. The van der Waals surface area contributed by atoms with Crippen LogP contribution in [0.1, 0.15) is 40.5 Å². The van der Waals surface area contributed by atoms with Crippen LogP contribution in [0.5, 0.6) is 0 Å². The number of hydrogen-bond acceptors (Lipinski definition) is 2. The molecule has 0 aliphatic heterocycles. The Bertz CT molecular complexity index is 128. The molecule has 72 valence electrons. The molecule has 0 amide bonds. The third-order valence-electron chi connectivity index (χ3n) is 2.16. The zero-order valence-corrected chi connectivity index (χ0v) is 8.76. The first-order chi connectivity index (χ1) is 5.63. The molecule has 2 nitrogen and oxygen atoms in total. The highest BCUT2D eigenvalue weighted by Gasteiger charge is 2.15. The van der Waals surface area contributed by atoms with Gasteiger partial charge in [0.1, 0.15) is 5.78 Å². The summed E-state index contributed by atoms with van der Waals surface area (Å²) in [5.74, 6) is 0.275. The van der Waals surface area contributed by atoms with E-state index in [2.05, 4.69) is 18.7 Å². The Hall–Kier alpha value is -0.370. The van der Waals surface area contributed by atoms with Gasteiger partial charge in [0, 0.05) is 0 Å². The van der Waals surface area contributed by atoms with E-state index in [-0.39, 0.29) is 11.8 Å².